The summed E-state index contributed by atoms with van der Waals surface area (Å²) in [5.41, 5.74) is -0.577. The van der Waals surface area contributed by atoms with Crippen LogP contribution in [0.5, 0.6) is 0 Å². The monoisotopic (exact) mass is 346 g/mol. The maximum atomic E-state index is 12.2. The number of nitrogens with zero attached hydrogens (tertiary/aromatic N) is 3. The van der Waals surface area contributed by atoms with Gasteiger partial charge in [-0.3, -0.25) is 4.90 Å². The van der Waals surface area contributed by atoms with E-state index in [0.717, 1.165) is 12.7 Å². The Morgan fingerprint density at radius 1 is 1.48 bits per heavy atom. The Hall–Kier alpha value is -1.68. The molecule has 1 aromatic heterocycles. The number of hydrogen-bond acceptors (Lipinski definition) is 7. The van der Waals surface area contributed by atoms with Crippen molar-refractivity contribution in [2.75, 3.05) is 12.8 Å². The molecule has 1 N–H and O–H groups in total. The maximum absolute atomic E-state index is 12.2. The predicted octanol–water partition coefficient (Wildman–Crippen LogP) is 1.19. The van der Waals surface area contributed by atoms with Crippen molar-refractivity contribution in [3.05, 3.63) is 11.7 Å². The van der Waals surface area contributed by atoms with Gasteiger partial charge in [-0.05, 0) is 33.6 Å². The molecule has 2 heterocycles. The first-order chi connectivity index (χ1) is 10.6. The van der Waals surface area contributed by atoms with Gasteiger partial charge in [-0.1, -0.05) is 5.16 Å². The van der Waals surface area contributed by atoms with Crippen molar-refractivity contribution in [1.82, 2.24) is 19.8 Å². The largest absolute Gasteiger partial charge is 0.444 e. The predicted molar refractivity (Wildman–Crippen MR) is 80.9 cm³/mol. The standard InChI is InChI=1S/C13H22N4O5S/c1-13(2,3)21-12(18)17-7-5-6-9(17)11-15-10(22-16-11)8-14-23(4,19)20/h9,14H,5-8H2,1-4H3/t9-/m0/s1. The molecule has 1 saturated heterocycles. The van der Waals surface area contributed by atoms with Gasteiger partial charge in [-0.15, -0.1) is 0 Å². The third-order valence-corrected chi connectivity index (χ3v) is 3.82. The van der Waals surface area contributed by atoms with Crippen LogP contribution < -0.4 is 4.72 Å². The van der Waals surface area contributed by atoms with E-state index in [9.17, 15) is 13.2 Å². The fourth-order valence-electron chi connectivity index (χ4n) is 2.24. The van der Waals surface area contributed by atoms with Gasteiger partial charge in [-0.2, -0.15) is 4.98 Å². The van der Waals surface area contributed by atoms with Gasteiger partial charge in [0.05, 0.1) is 18.8 Å². The Bertz CT molecular complexity index is 664. The van der Waals surface area contributed by atoms with Crippen LogP contribution in [0.15, 0.2) is 4.52 Å². The maximum Gasteiger partial charge on any atom is 0.410 e. The first kappa shape index (κ1) is 17.7. The smallest absolute Gasteiger partial charge is 0.410 e. The highest BCUT2D eigenvalue weighted by molar-refractivity contribution is 7.88. The van der Waals surface area contributed by atoms with Crippen LogP contribution in [0.4, 0.5) is 4.79 Å². The number of aromatic nitrogens is 2. The van der Waals surface area contributed by atoms with Crippen LogP contribution in [0.2, 0.25) is 0 Å². The molecule has 9 nitrogen and oxygen atoms in total. The summed E-state index contributed by atoms with van der Waals surface area (Å²) in [5, 5.41) is 3.86. The van der Waals surface area contributed by atoms with Crippen molar-refractivity contribution in [1.29, 1.82) is 0 Å². The van der Waals surface area contributed by atoms with E-state index >= 15 is 0 Å². The Labute approximate surface area is 135 Å². The highest BCUT2D eigenvalue weighted by Gasteiger charge is 2.36. The lowest BCUT2D eigenvalue weighted by molar-refractivity contribution is 0.0217. The summed E-state index contributed by atoms with van der Waals surface area (Å²) in [6.45, 7) is 5.90. The minimum Gasteiger partial charge on any atom is -0.444 e. The van der Waals surface area contributed by atoms with Crippen LogP contribution in [0.25, 0.3) is 0 Å². The van der Waals surface area contributed by atoms with Gasteiger partial charge in [0.25, 0.3) is 0 Å². The van der Waals surface area contributed by atoms with E-state index in [4.69, 9.17) is 9.26 Å². The summed E-state index contributed by atoms with van der Waals surface area (Å²) in [4.78, 5) is 18.0. The highest BCUT2D eigenvalue weighted by atomic mass is 32.2. The Balaban J connectivity index is 2.05. The van der Waals surface area contributed by atoms with E-state index in [1.165, 1.54) is 0 Å². The number of carbonyl (C=O) groups is 1. The molecule has 1 aromatic rings. The number of likely N-dealkylation sites (tertiary alicyclic amines) is 1. The van der Waals surface area contributed by atoms with Crippen molar-refractivity contribution in [3.63, 3.8) is 0 Å². The minimum atomic E-state index is -3.34. The number of amides is 1. The number of hydrogen-bond donors (Lipinski definition) is 1. The molecular weight excluding hydrogens is 324 g/mol. The molecule has 0 unspecified atom stereocenters. The van der Waals surface area contributed by atoms with E-state index in [2.05, 4.69) is 14.9 Å². The Morgan fingerprint density at radius 2 is 2.17 bits per heavy atom. The highest BCUT2D eigenvalue weighted by Crippen LogP contribution is 2.31. The first-order valence-electron chi connectivity index (χ1n) is 7.32. The van der Waals surface area contributed by atoms with Crippen LogP contribution in [0.1, 0.15) is 51.4 Å². The lowest BCUT2D eigenvalue weighted by Gasteiger charge is -2.27. The van der Waals surface area contributed by atoms with Crippen LogP contribution >= 0.6 is 0 Å². The average molecular weight is 346 g/mol. The second-order valence-electron chi connectivity index (χ2n) is 6.47. The van der Waals surface area contributed by atoms with Crippen LogP contribution in [0.3, 0.4) is 0 Å². The van der Waals surface area contributed by atoms with Crippen LogP contribution in [0, 0.1) is 0 Å². The van der Waals surface area contributed by atoms with Crippen LogP contribution in [-0.4, -0.2) is 48.0 Å². The molecule has 0 aromatic carbocycles. The zero-order valence-corrected chi connectivity index (χ0v) is 14.5. The third-order valence-electron chi connectivity index (χ3n) is 3.15. The van der Waals surface area contributed by atoms with Gasteiger partial charge in [0.2, 0.25) is 15.9 Å². The molecule has 130 valence electrons. The molecule has 1 aliphatic heterocycles. The normalized spacial score (nSPS) is 19.1. The van der Waals surface area contributed by atoms with E-state index in [1.54, 1.807) is 25.7 Å². The summed E-state index contributed by atoms with van der Waals surface area (Å²) in [6, 6.07) is -0.319. The van der Waals surface area contributed by atoms with Gasteiger partial charge < -0.3 is 9.26 Å². The lowest BCUT2D eigenvalue weighted by atomic mass is 10.2. The molecule has 0 bridgehead atoms. The third kappa shape index (κ3) is 5.17. The summed E-state index contributed by atoms with van der Waals surface area (Å²) in [5.74, 6) is 0.514. The second-order valence-corrected chi connectivity index (χ2v) is 8.30. The Morgan fingerprint density at radius 3 is 2.78 bits per heavy atom. The molecule has 0 aliphatic carbocycles. The summed E-state index contributed by atoms with van der Waals surface area (Å²) >= 11 is 0. The van der Waals surface area contributed by atoms with Gasteiger partial charge in [-0.25, -0.2) is 17.9 Å². The van der Waals surface area contributed by atoms with Gasteiger partial charge in [0.1, 0.15) is 5.60 Å². The summed E-state index contributed by atoms with van der Waals surface area (Å²) in [6.07, 6.45) is 2.15. The fourth-order valence-corrected chi connectivity index (χ4v) is 2.63. The first-order valence-corrected chi connectivity index (χ1v) is 9.21. The summed E-state index contributed by atoms with van der Waals surface area (Å²) in [7, 11) is -3.34. The molecular formula is C13H22N4O5S. The molecule has 0 saturated carbocycles. The zero-order valence-electron chi connectivity index (χ0n) is 13.7. The minimum absolute atomic E-state index is 0.0784. The molecule has 1 aliphatic rings. The van der Waals surface area contributed by atoms with E-state index in [1.807, 2.05) is 0 Å². The quantitative estimate of drug-likeness (QED) is 0.870. The van der Waals surface area contributed by atoms with E-state index < -0.39 is 21.7 Å². The Kier molecular flexibility index (Phi) is 4.95. The van der Waals surface area contributed by atoms with Crippen molar-refractivity contribution in [3.8, 4) is 0 Å². The van der Waals surface area contributed by atoms with Crippen molar-refractivity contribution in [2.24, 2.45) is 0 Å². The second kappa shape index (κ2) is 6.44. The summed E-state index contributed by atoms with van der Waals surface area (Å²) < 4.78 is 34.8. The van der Waals surface area contributed by atoms with Gasteiger partial charge in [0, 0.05) is 6.54 Å². The molecule has 10 heteroatoms. The van der Waals surface area contributed by atoms with Crippen molar-refractivity contribution >= 4 is 16.1 Å². The molecule has 0 spiro atoms. The molecule has 1 atom stereocenters. The van der Waals surface area contributed by atoms with E-state index in [0.29, 0.717) is 18.8 Å². The average Bonchev–Trinajstić information content (AvgIpc) is 3.02. The zero-order chi connectivity index (χ0) is 17.3. The number of rotatable bonds is 4. The van der Waals surface area contributed by atoms with Gasteiger partial charge in [0.15, 0.2) is 5.82 Å². The topological polar surface area (TPSA) is 115 Å². The lowest BCUT2D eigenvalue weighted by Crippen LogP contribution is -2.36. The number of sulfonamides is 1. The van der Waals surface area contributed by atoms with Crippen LogP contribution in [-0.2, 0) is 21.3 Å². The number of carbonyl (C=O) groups excluding carboxylic acids is 1. The van der Waals surface area contributed by atoms with Crippen molar-refractivity contribution in [2.45, 2.75) is 51.8 Å². The van der Waals surface area contributed by atoms with Crippen molar-refractivity contribution < 1.29 is 22.5 Å². The van der Waals surface area contributed by atoms with E-state index in [-0.39, 0.29) is 18.5 Å². The molecule has 23 heavy (non-hydrogen) atoms. The SMILES string of the molecule is CC(C)(C)OC(=O)N1CCC[C@H]1c1noc(CNS(C)(=O)=O)n1. The van der Waals surface area contributed by atoms with Gasteiger partial charge >= 0.3 is 6.09 Å². The molecule has 2 rings (SSSR count). The number of ether oxygens (including phenoxy) is 1. The fraction of sp³-hybridized carbons (Fsp3) is 0.769. The molecule has 0 radical (unpaired) electrons. The molecule has 1 fully saturated rings. The molecule has 1 amide bonds. The number of nitrogens with one attached hydrogen (secondary N) is 1.